The summed E-state index contributed by atoms with van der Waals surface area (Å²) in [6.07, 6.45) is 3.32. The summed E-state index contributed by atoms with van der Waals surface area (Å²) in [5, 5.41) is 3.33. The lowest BCUT2D eigenvalue weighted by Crippen LogP contribution is -2.54. The number of nitrogens with one attached hydrogen (secondary N) is 1. The summed E-state index contributed by atoms with van der Waals surface area (Å²) in [7, 11) is 0. The van der Waals surface area contributed by atoms with Gasteiger partial charge in [0.1, 0.15) is 0 Å². The van der Waals surface area contributed by atoms with Crippen molar-refractivity contribution in [2.45, 2.75) is 6.42 Å². The molecule has 2 saturated heterocycles. The van der Waals surface area contributed by atoms with Crippen molar-refractivity contribution in [1.29, 1.82) is 0 Å². The first kappa shape index (κ1) is 6.23. The second-order valence-corrected chi connectivity index (χ2v) is 3.51. The van der Waals surface area contributed by atoms with Gasteiger partial charge in [0.2, 0.25) is 0 Å². The molecule has 0 aromatic rings. The van der Waals surface area contributed by atoms with Crippen molar-refractivity contribution >= 4 is 0 Å². The zero-order valence-corrected chi connectivity index (χ0v) is 6.27. The molecule has 0 aliphatic carbocycles. The summed E-state index contributed by atoms with van der Waals surface area (Å²) in [5.74, 6) is 0. The third-order valence-electron chi connectivity index (χ3n) is 2.73. The molecular formula is C8H14N2. The van der Waals surface area contributed by atoms with Crippen molar-refractivity contribution in [3.8, 4) is 0 Å². The van der Waals surface area contributed by atoms with E-state index in [0.717, 1.165) is 0 Å². The van der Waals surface area contributed by atoms with E-state index in [1.165, 1.54) is 32.6 Å². The highest BCUT2D eigenvalue weighted by Gasteiger charge is 2.41. The molecule has 2 rings (SSSR count). The molecule has 0 saturated carbocycles. The molecule has 1 N–H and O–H groups in total. The van der Waals surface area contributed by atoms with E-state index in [1.54, 1.807) is 0 Å². The smallest absolute Gasteiger partial charge is 0.0253 e. The lowest BCUT2D eigenvalue weighted by atomic mass is 9.81. The standard InChI is InChI=1S/C8H14N2/c1-2-10-4-3-8(7-10)5-9-6-8/h2,9H,1,3-7H2. The second kappa shape index (κ2) is 1.99. The molecular weight excluding hydrogens is 124 g/mol. The van der Waals surface area contributed by atoms with Crippen molar-refractivity contribution in [2.24, 2.45) is 5.41 Å². The molecule has 0 bridgehead atoms. The molecule has 10 heavy (non-hydrogen) atoms. The molecule has 56 valence electrons. The first-order valence-corrected chi connectivity index (χ1v) is 3.92. The topological polar surface area (TPSA) is 15.3 Å². The predicted molar refractivity (Wildman–Crippen MR) is 41.7 cm³/mol. The Labute approximate surface area is 61.9 Å². The van der Waals surface area contributed by atoms with Gasteiger partial charge in [0.25, 0.3) is 0 Å². The number of hydrogen-bond donors (Lipinski definition) is 1. The van der Waals surface area contributed by atoms with Gasteiger partial charge in [-0.15, -0.1) is 0 Å². The first-order chi connectivity index (χ1) is 4.85. The molecule has 0 aromatic heterocycles. The van der Waals surface area contributed by atoms with Crippen LogP contribution in [0.25, 0.3) is 0 Å². The zero-order valence-electron chi connectivity index (χ0n) is 6.27. The molecule has 2 aliphatic rings. The van der Waals surface area contributed by atoms with E-state index in [1.807, 2.05) is 6.20 Å². The minimum absolute atomic E-state index is 0.633. The number of likely N-dealkylation sites (tertiary alicyclic amines) is 1. The van der Waals surface area contributed by atoms with Gasteiger partial charge in [-0.05, 0) is 12.6 Å². The van der Waals surface area contributed by atoms with Crippen LogP contribution in [0.15, 0.2) is 12.8 Å². The molecule has 2 fully saturated rings. The highest BCUT2D eigenvalue weighted by atomic mass is 15.2. The van der Waals surface area contributed by atoms with Crippen molar-refractivity contribution in [3.05, 3.63) is 12.8 Å². The zero-order chi connectivity index (χ0) is 7.03. The van der Waals surface area contributed by atoms with Gasteiger partial charge in [-0.2, -0.15) is 0 Å². The largest absolute Gasteiger partial charge is 0.377 e. The van der Waals surface area contributed by atoms with Gasteiger partial charge < -0.3 is 10.2 Å². The van der Waals surface area contributed by atoms with Crippen LogP contribution in [0.3, 0.4) is 0 Å². The van der Waals surface area contributed by atoms with Gasteiger partial charge in [0.15, 0.2) is 0 Å². The van der Waals surface area contributed by atoms with E-state index in [9.17, 15) is 0 Å². The monoisotopic (exact) mass is 138 g/mol. The summed E-state index contributed by atoms with van der Waals surface area (Å²) in [5.41, 5.74) is 0.633. The summed E-state index contributed by atoms with van der Waals surface area (Å²) >= 11 is 0. The Bertz CT molecular complexity index is 149. The average Bonchev–Trinajstić information content (AvgIpc) is 2.29. The molecule has 0 atom stereocenters. The van der Waals surface area contributed by atoms with E-state index < -0.39 is 0 Å². The molecule has 0 aromatic carbocycles. The van der Waals surface area contributed by atoms with Crippen LogP contribution in [-0.4, -0.2) is 31.1 Å². The van der Waals surface area contributed by atoms with E-state index in [-0.39, 0.29) is 0 Å². The summed E-state index contributed by atoms with van der Waals surface area (Å²) < 4.78 is 0. The maximum absolute atomic E-state index is 3.77. The molecule has 2 nitrogen and oxygen atoms in total. The Balaban J connectivity index is 1.98. The van der Waals surface area contributed by atoms with E-state index in [0.29, 0.717) is 5.41 Å². The maximum Gasteiger partial charge on any atom is 0.0253 e. The molecule has 2 aliphatic heterocycles. The van der Waals surface area contributed by atoms with Crippen molar-refractivity contribution in [2.75, 3.05) is 26.2 Å². The Kier molecular flexibility index (Phi) is 1.24. The van der Waals surface area contributed by atoms with Crippen molar-refractivity contribution < 1.29 is 0 Å². The third kappa shape index (κ3) is 0.754. The fraction of sp³-hybridized carbons (Fsp3) is 0.750. The Morgan fingerprint density at radius 3 is 2.60 bits per heavy atom. The molecule has 0 radical (unpaired) electrons. The third-order valence-corrected chi connectivity index (χ3v) is 2.73. The second-order valence-electron chi connectivity index (χ2n) is 3.51. The fourth-order valence-electron chi connectivity index (χ4n) is 1.89. The maximum atomic E-state index is 3.77. The van der Waals surface area contributed by atoms with Crippen LogP contribution >= 0.6 is 0 Å². The first-order valence-electron chi connectivity index (χ1n) is 3.92. The van der Waals surface area contributed by atoms with Crippen molar-refractivity contribution in [3.63, 3.8) is 0 Å². The SMILES string of the molecule is C=CN1CCC2(CNC2)C1. The minimum Gasteiger partial charge on any atom is -0.377 e. The quantitative estimate of drug-likeness (QED) is 0.565. The molecule has 1 spiro atoms. The van der Waals surface area contributed by atoms with Crippen molar-refractivity contribution in [1.82, 2.24) is 10.2 Å². The van der Waals surface area contributed by atoms with E-state index in [4.69, 9.17) is 0 Å². The molecule has 0 amide bonds. The highest BCUT2D eigenvalue weighted by molar-refractivity contribution is 5.01. The number of rotatable bonds is 1. The number of hydrogen-bond acceptors (Lipinski definition) is 2. The van der Waals surface area contributed by atoms with Gasteiger partial charge in [0, 0.05) is 31.6 Å². The summed E-state index contributed by atoms with van der Waals surface area (Å²) in [6.45, 7) is 8.65. The van der Waals surface area contributed by atoms with E-state index in [2.05, 4.69) is 16.8 Å². The highest BCUT2D eigenvalue weighted by Crippen LogP contribution is 2.33. The van der Waals surface area contributed by atoms with Gasteiger partial charge >= 0.3 is 0 Å². The van der Waals surface area contributed by atoms with Crippen LogP contribution in [-0.2, 0) is 0 Å². The Hall–Kier alpha value is -0.500. The predicted octanol–water partition coefficient (Wildman–Crippen LogP) is 0.425. The lowest BCUT2D eigenvalue weighted by molar-refractivity contribution is 0.182. The van der Waals surface area contributed by atoms with Gasteiger partial charge in [-0.3, -0.25) is 0 Å². The average molecular weight is 138 g/mol. The van der Waals surface area contributed by atoms with Gasteiger partial charge in [0.05, 0.1) is 0 Å². The van der Waals surface area contributed by atoms with Crippen LogP contribution < -0.4 is 5.32 Å². The molecule has 0 unspecified atom stereocenters. The fourth-order valence-corrected chi connectivity index (χ4v) is 1.89. The number of nitrogens with zero attached hydrogens (tertiary/aromatic N) is 1. The summed E-state index contributed by atoms with van der Waals surface area (Å²) in [4.78, 5) is 2.32. The minimum atomic E-state index is 0.633. The van der Waals surface area contributed by atoms with Gasteiger partial charge in [-0.25, -0.2) is 0 Å². The van der Waals surface area contributed by atoms with Crippen LogP contribution in [0.5, 0.6) is 0 Å². The molecule has 2 heterocycles. The van der Waals surface area contributed by atoms with Crippen LogP contribution in [0, 0.1) is 5.41 Å². The molecule has 2 heteroatoms. The van der Waals surface area contributed by atoms with E-state index >= 15 is 0 Å². The normalized spacial score (nSPS) is 28.6. The van der Waals surface area contributed by atoms with Crippen LogP contribution in [0.1, 0.15) is 6.42 Å². The Morgan fingerprint density at radius 2 is 2.30 bits per heavy atom. The van der Waals surface area contributed by atoms with Crippen LogP contribution in [0.4, 0.5) is 0 Å². The Morgan fingerprint density at radius 1 is 1.50 bits per heavy atom. The summed E-state index contributed by atoms with van der Waals surface area (Å²) in [6, 6.07) is 0. The lowest BCUT2D eigenvalue weighted by Gasteiger charge is -2.38. The van der Waals surface area contributed by atoms with Crippen LogP contribution in [0.2, 0.25) is 0 Å². The van der Waals surface area contributed by atoms with Gasteiger partial charge in [-0.1, -0.05) is 6.58 Å².